The fourth-order valence-electron chi connectivity index (χ4n) is 2.86. The summed E-state index contributed by atoms with van der Waals surface area (Å²) in [6, 6.07) is 2.17. The summed E-state index contributed by atoms with van der Waals surface area (Å²) in [7, 11) is -1.55. The third-order valence-corrected chi connectivity index (χ3v) is 6.10. The molecule has 21 heavy (non-hydrogen) atoms. The Bertz CT molecular complexity index is 607. The van der Waals surface area contributed by atoms with Crippen LogP contribution >= 0.6 is 0 Å². The Morgan fingerprint density at radius 2 is 2.19 bits per heavy atom. The highest BCUT2D eigenvalue weighted by Gasteiger charge is 2.34. The van der Waals surface area contributed by atoms with Crippen LogP contribution in [-0.2, 0) is 21.3 Å². The van der Waals surface area contributed by atoms with E-state index in [0.717, 1.165) is 18.5 Å². The molecule has 1 atom stereocenters. The molecule has 7 heteroatoms. The molecule has 1 unspecified atom stereocenters. The highest BCUT2D eigenvalue weighted by atomic mass is 32.2. The quantitative estimate of drug-likeness (QED) is 0.879. The minimum Gasteiger partial charge on any atom is -0.378 e. The van der Waals surface area contributed by atoms with E-state index in [-0.39, 0.29) is 6.04 Å². The van der Waals surface area contributed by atoms with Gasteiger partial charge in [0.25, 0.3) is 0 Å². The molecular weight excluding hydrogens is 290 g/mol. The zero-order chi connectivity index (χ0) is 15.0. The number of hydrogen-bond donors (Lipinski definition) is 1. The van der Waals surface area contributed by atoms with Crippen molar-refractivity contribution in [2.45, 2.75) is 43.3 Å². The van der Waals surface area contributed by atoms with Gasteiger partial charge in [-0.25, -0.2) is 8.42 Å². The average Bonchev–Trinajstić information content (AvgIpc) is 3.20. The number of nitrogens with one attached hydrogen (secondary N) is 1. The fourth-order valence-corrected chi connectivity index (χ4v) is 4.51. The van der Waals surface area contributed by atoms with Crippen LogP contribution in [0.3, 0.4) is 0 Å². The monoisotopic (exact) mass is 313 g/mol. The second kappa shape index (κ2) is 5.72. The lowest BCUT2D eigenvalue weighted by molar-refractivity contribution is 0.0393. The molecule has 2 fully saturated rings. The van der Waals surface area contributed by atoms with E-state index in [0.29, 0.717) is 37.2 Å². The first kappa shape index (κ1) is 15.0. The first-order chi connectivity index (χ1) is 10.0. The summed E-state index contributed by atoms with van der Waals surface area (Å²) in [4.78, 5) is 0.411. The Kier molecular flexibility index (Phi) is 4.09. The SMILES string of the molecule is CNCc1cc(S(=O)(=O)N2CCOCC2C)cn1C1CC1. The molecule has 0 spiro atoms. The lowest BCUT2D eigenvalue weighted by Gasteiger charge is -2.31. The molecule has 0 bridgehead atoms. The molecule has 0 aromatic carbocycles. The second-order valence-electron chi connectivity index (χ2n) is 5.88. The van der Waals surface area contributed by atoms with Gasteiger partial charge in [0.15, 0.2) is 0 Å². The number of hydrogen-bond acceptors (Lipinski definition) is 4. The van der Waals surface area contributed by atoms with Gasteiger partial charge in [0.05, 0.1) is 13.2 Å². The molecule has 0 radical (unpaired) electrons. The summed E-state index contributed by atoms with van der Waals surface area (Å²) >= 11 is 0. The van der Waals surface area contributed by atoms with Crippen LogP contribution in [0.4, 0.5) is 0 Å². The zero-order valence-electron chi connectivity index (χ0n) is 12.6. The van der Waals surface area contributed by atoms with Gasteiger partial charge in [-0.1, -0.05) is 0 Å². The number of nitrogens with zero attached hydrogens (tertiary/aromatic N) is 2. The van der Waals surface area contributed by atoms with Gasteiger partial charge in [0.2, 0.25) is 10.0 Å². The normalized spacial score (nSPS) is 24.4. The number of ether oxygens (including phenoxy) is 1. The number of morpholine rings is 1. The topological polar surface area (TPSA) is 63.6 Å². The smallest absolute Gasteiger partial charge is 0.244 e. The molecule has 1 N–H and O–H groups in total. The van der Waals surface area contributed by atoms with Crippen LogP contribution in [0.25, 0.3) is 0 Å². The zero-order valence-corrected chi connectivity index (χ0v) is 13.4. The maximum atomic E-state index is 12.8. The number of sulfonamides is 1. The van der Waals surface area contributed by atoms with E-state index in [1.165, 1.54) is 0 Å². The first-order valence-corrected chi connectivity index (χ1v) is 8.93. The molecule has 1 aliphatic carbocycles. The molecule has 1 aliphatic heterocycles. The summed E-state index contributed by atoms with van der Waals surface area (Å²) in [5.74, 6) is 0. The number of aromatic nitrogens is 1. The highest BCUT2D eigenvalue weighted by Crippen LogP contribution is 2.37. The molecule has 1 saturated heterocycles. The van der Waals surface area contributed by atoms with E-state index < -0.39 is 10.0 Å². The van der Waals surface area contributed by atoms with Gasteiger partial charge in [-0.15, -0.1) is 0 Å². The predicted octanol–water partition coefficient (Wildman–Crippen LogP) is 0.952. The van der Waals surface area contributed by atoms with E-state index in [1.807, 2.05) is 26.2 Å². The summed E-state index contributed by atoms with van der Waals surface area (Å²) in [5.41, 5.74) is 1.04. The third-order valence-electron chi connectivity index (χ3n) is 4.12. The van der Waals surface area contributed by atoms with Crippen LogP contribution < -0.4 is 5.32 Å². The third kappa shape index (κ3) is 2.88. The molecular formula is C14H23N3O3S. The van der Waals surface area contributed by atoms with Crippen molar-refractivity contribution in [3.63, 3.8) is 0 Å². The van der Waals surface area contributed by atoms with Crippen LogP contribution in [0.15, 0.2) is 17.2 Å². The van der Waals surface area contributed by atoms with Gasteiger partial charge in [-0.3, -0.25) is 0 Å². The van der Waals surface area contributed by atoms with E-state index in [2.05, 4.69) is 9.88 Å². The Labute approximate surface area is 126 Å². The van der Waals surface area contributed by atoms with Crippen LogP contribution in [0.1, 0.15) is 31.5 Å². The molecule has 118 valence electrons. The minimum absolute atomic E-state index is 0.110. The molecule has 3 rings (SSSR count). The average molecular weight is 313 g/mol. The maximum absolute atomic E-state index is 12.8. The van der Waals surface area contributed by atoms with E-state index in [1.54, 1.807) is 4.31 Å². The summed E-state index contributed by atoms with van der Waals surface area (Å²) < 4.78 is 34.7. The standard InChI is InChI=1S/C14H23N3O3S/c1-11-10-20-6-5-17(11)21(18,19)14-7-13(8-15-2)16(9-14)12-3-4-12/h7,9,11-12,15H,3-6,8,10H2,1-2H3. The lowest BCUT2D eigenvalue weighted by atomic mass is 10.3. The largest absolute Gasteiger partial charge is 0.378 e. The molecule has 1 aromatic heterocycles. The van der Waals surface area contributed by atoms with E-state index in [9.17, 15) is 8.42 Å². The van der Waals surface area contributed by atoms with Crippen molar-refractivity contribution in [3.8, 4) is 0 Å². The van der Waals surface area contributed by atoms with Crippen molar-refractivity contribution in [3.05, 3.63) is 18.0 Å². The second-order valence-corrected chi connectivity index (χ2v) is 7.77. The van der Waals surface area contributed by atoms with Crippen molar-refractivity contribution >= 4 is 10.0 Å². The molecule has 1 saturated carbocycles. The van der Waals surface area contributed by atoms with Crippen molar-refractivity contribution in [2.24, 2.45) is 0 Å². The van der Waals surface area contributed by atoms with Gasteiger partial charge in [-0.05, 0) is 32.9 Å². The summed E-state index contributed by atoms with van der Waals surface area (Å²) in [5, 5.41) is 3.11. The summed E-state index contributed by atoms with van der Waals surface area (Å²) in [6.45, 7) is 3.94. The van der Waals surface area contributed by atoms with Crippen molar-refractivity contribution in [2.75, 3.05) is 26.8 Å². The van der Waals surface area contributed by atoms with Gasteiger partial charge >= 0.3 is 0 Å². The van der Waals surface area contributed by atoms with Crippen molar-refractivity contribution in [1.29, 1.82) is 0 Å². The van der Waals surface area contributed by atoms with Crippen LogP contribution in [0.5, 0.6) is 0 Å². The number of rotatable bonds is 5. The molecule has 1 aromatic rings. The Morgan fingerprint density at radius 3 is 2.81 bits per heavy atom. The molecule has 2 aliphatic rings. The highest BCUT2D eigenvalue weighted by molar-refractivity contribution is 7.89. The Morgan fingerprint density at radius 1 is 1.43 bits per heavy atom. The van der Waals surface area contributed by atoms with Gasteiger partial charge < -0.3 is 14.6 Å². The minimum atomic E-state index is -3.43. The molecule has 0 amide bonds. The predicted molar refractivity (Wildman–Crippen MR) is 79.6 cm³/mol. The van der Waals surface area contributed by atoms with Crippen molar-refractivity contribution in [1.82, 2.24) is 14.2 Å². The van der Waals surface area contributed by atoms with Crippen LogP contribution in [0.2, 0.25) is 0 Å². The van der Waals surface area contributed by atoms with E-state index in [4.69, 9.17) is 4.74 Å². The molecule has 2 heterocycles. The fraction of sp³-hybridized carbons (Fsp3) is 0.714. The summed E-state index contributed by atoms with van der Waals surface area (Å²) in [6.07, 6.45) is 4.08. The van der Waals surface area contributed by atoms with Crippen LogP contribution in [0, 0.1) is 0 Å². The van der Waals surface area contributed by atoms with Gasteiger partial charge in [0.1, 0.15) is 4.90 Å². The van der Waals surface area contributed by atoms with Gasteiger partial charge in [0, 0.05) is 37.1 Å². The Hall–Kier alpha value is -0.890. The first-order valence-electron chi connectivity index (χ1n) is 7.49. The van der Waals surface area contributed by atoms with Crippen LogP contribution in [-0.4, -0.2) is 50.1 Å². The maximum Gasteiger partial charge on any atom is 0.244 e. The molecule has 6 nitrogen and oxygen atoms in total. The van der Waals surface area contributed by atoms with Gasteiger partial charge in [-0.2, -0.15) is 4.31 Å². The van der Waals surface area contributed by atoms with E-state index >= 15 is 0 Å². The van der Waals surface area contributed by atoms with Crippen molar-refractivity contribution < 1.29 is 13.2 Å². The lowest BCUT2D eigenvalue weighted by Crippen LogP contribution is -2.46. The Balaban J connectivity index is 1.92.